The number of hydrogen-bond acceptors (Lipinski definition) is 4. The molecule has 1 amide bonds. The lowest BCUT2D eigenvalue weighted by atomic mass is 10.1. The second kappa shape index (κ2) is 7.59. The predicted molar refractivity (Wildman–Crippen MR) is 98.0 cm³/mol. The minimum absolute atomic E-state index is 0.133. The van der Waals surface area contributed by atoms with Crippen LogP contribution in [-0.2, 0) is 23.1 Å². The van der Waals surface area contributed by atoms with E-state index in [1.54, 1.807) is 29.0 Å². The van der Waals surface area contributed by atoms with Gasteiger partial charge in [-0.2, -0.15) is 5.10 Å². The molecule has 2 unspecified atom stereocenters. The normalized spacial score (nSPS) is 19.5. The predicted octanol–water partition coefficient (Wildman–Crippen LogP) is 1.51. The van der Waals surface area contributed by atoms with Gasteiger partial charge in [0.25, 0.3) is 0 Å². The van der Waals surface area contributed by atoms with E-state index in [2.05, 4.69) is 29.5 Å². The number of aromatic nitrogens is 2. The molecule has 0 bridgehead atoms. The van der Waals surface area contributed by atoms with Crippen LogP contribution < -0.4 is 10.2 Å². The molecule has 0 saturated carbocycles. The van der Waals surface area contributed by atoms with Gasteiger partial charge in [-0.1, -0.05) is 24.3 Å². The molecule has 2 N–H and O–H groups in total. The molecule has 138 valence electrons. The van der Waals surface area contributed by atoms with E-state index in [0.29, 0.717) is 25.1 Å². The number of carbonyl (C=O) groups is 2. The Hall–Kier alpha value is -2.83. The number of rotatable bonds is 6. The standard InChI is InChI=1S/C19H24N4O3/c1-13-5-3-4-6-14(13)9-10-20-18(24)16-7-8-17(19(25)26)23(16)15-11-21-22(2)12-15/h3-6,11-12,16-17H,7-10H2,1-2H3,(H,20,24)(H,25,26). The summed E-state index contributed by atoms with van der Waals surface area (Å²) in [6.45, 7) is 2.58. The van der Waals surface area contributed by atoms with Crippen molar-refractivity contribution in [3.63, 3.8) is 0 Å². The molecule has 7 heteroatoms. The summed E-state index contributed by atoms with van der Waals surface area (Å²) in [5, 5.41) is 16.6. The smallest absolute Gasteiger partial charge is 0.326 e. The molecular formula is C19H24N4O3. The maximum absolute atomic E-state index is 12.7. The number of carbonyl (C=O) groups excluding carboxylic acids is 1. The summed E-state index contributed by atoms with van der Waals surface area (Å²) in [6, 6.07) is 6.90. The summed E-state index contributed by atoms with van der Waals surface area (Å²) >= 11 is 0. The maximum Gasteiger partial charge on any atom is 0.326 e. The summed E-state index contributed by atoms with van der Waals surface area (Å²) in [5.74, 6) is -1.05. The minimum atomic E-state index is -0.913. The summed E-state index contributed by atoms with van der Waals surface area (Å²) in [4.78, 5) is 26.0. The van der Waals surface area contributed by atoms with Gasteiger partial charge in [-0.3, -0.25) is 9.48 Å². The van der Waals surface area contributed by atoms with Crippen LogP contribution in [-0.4, -0.2) is 45.4 Å². The zero-order chi connectivity index (χ0) is 18.7. The molecule has 1 aliphatic rings. The van der Waals surface area contributed by atoms with E-state index >= 15 is 0 Å². The lowest BCUT2D eigenvalue weighted by Gasteiger charge is -2.28. The molecule has 1 aliphatic heterocycles. The van der Waals surface area contributed by atoms with Crippen molar-refractivity contribution in [1.82, 2.24) is 15.1 Å². The fourth-order valence-corrected chi connectivity index (χ4v) is 3.54. The molecule has 26 heavy (non-hydrogen) atoms. The zero-order valence-electron chi connectivity index (χ0n) is 15.1. The lowest BCUT2D eigenvalue weighted by molar-refractivity contribution is -0.138. The van der Waals surface area contributed by atoms with Crippen LogP contribution in [0.3, 0.4) is 0 Å². The van der Waals surface area contributed by atoms with Crippen LogP contribution in [0, 0.1) is 6.92 Å². The monoisotopic (exact) mass is 356 g/mol. The second-order valence-corrected chi connectivity index (χ2v) is 6.69. The SMILES string of the molecule is Cc1ccccc1CCNC(=O)C1CCC(C(=O)O)N1c1cnn(C)c1. The third kappa shape index (κ3) is 3.71. The lowest BCUT2D eigenvalue weighted by Crippen LogP contribution is -2.48. The maximum atomic E-state index is 12.7. The Morgan fingerprint density at radius 2 is 2.00 bits per heavy atom. The van der Waals surface area contributed by atoms with Gasteiger partial charge in [-0.05, 0) is 37.3 Å². The number of carboxylic acid groups (broad SMARTS) is 1. The third-order valence-corrected chi connectivity index (χ3v) is 4.92. The van der Waals surface area contributed by atoms with Crippen molar-refractivity contribution in [3.8, 4) is 0 Å². The van der Waals surface area contributed by atoms with Crippen molar-refractivity contribution < 1.29 is 14.7 Å². The highest BCUT2D eigenvalue weighted by Crippen LogP contribution is 2.30. The highest BCUT2D eigenvalue weighted by atomic mass is 16.4. The van der Waals surface area contributed by atoms with Gasteiger partial charge in [0.1, 0.15) is 12.1 Å². The van der Waals surface area contributed by atoms with Crippen LogP contribution in [0.25, 0.3) is 0 Å². The molecule has 1 fully saturated rings. The van der Waals surface area contributed by atoms with Gasteiger partial charge in [0.15, 0.2) is 0 Å². The number of anilines is 1. The van der Waals surface area contributed by atoms with Crippen LogP contribution in [0.15, 0.2) is 36.7 Å². The Morgan fingerprint density at radius 3 is 2.65 bits per heavy atom. The number of aryl methyl sites for hydroxylation is 2. The van der Waals surface area contributed by atoms with Gasteiger partial charge in [-0.25, -0.2) is 4.79 Å². The van der Waals surface area contributed by atoms with Gasteiger partial charge in [0, 0.05) is 19.8 Å². The molecule has 1 saturated heterocycles. The number of aliphatic carboxylic acids is 1. The largest absolute Gasteiger partial charge is 0.480 e. The quantitative estimate of drug-likeness (QED) is 0.819. The first-order chi connectivity index (χ1) is 12.5. The first-order valence-electron chi connectivity index (χ1n) is 8.79. The highest BCUT2D eigenvalue weighted by Gasteiger charge is 2.42. The van der Waals surface area contributed by atoms with Gasteiger partial charge < -0.3 is 15.3 Å². The average molecular weight is 356 g/mol. The zero-order valence-corrected chi connectivity index (χ0v) is 15.1. The van der Waals surface area contributed by atoms with Gasteiger partial charge in [0.2, 0.25) is 5.91 Å². The fraction of sp³-hybridized carbons (Fsp3) is 0.421. The van der Waals surface area contributed by atoms with Gasteiger partial charge in [0.05, 0.1) is 11.9 Å². The number of amides is 1. The number of nitrogens with zero attached hydrogens (tertiary/aromatic N) is 3. The van der Waals surface area contributed by atoms with Gasteiger partial charge >= 0.3 is 5.97 Å². The Balaban J connectivity index is 1.67. The highest BCUT2D eigenvalue weighted by molar-refractivity contribution is 5.90. The molecule has 1 aromatic carbocycles. The topological polar surface area (TPSA) is 87.5 Å². The Kier molecular flexibility index (Phi) is 5.25. The molecule has 2 aromatic rings. The number of benzene rings is 1. The summed E-state index contributed by atoms with van der Waals surface area (Å²) in [5.41, 5.74) is 3.06. The van der Waals surface area contributed by atoms with E-state index < -0.39 is 18.1 Å². The Bertz CT molecular complexity index is 802. The van der Waals surface area contributed by atoms with E-state index in [-0.39, 0.29) is 5.91 Å². The molecule has 2 heterocycles. The molecule has 1 aromatic heterocycles. The summed E-state index contributed by atoms with van der Waals surface area (Å²) in [7, 11) is 1.77. The van der Waals surface area contributed by atoms with E-state index in [0.717, 1.165) is 6.42 Å². The van der Waals surface area contributed by atoms with Crippen molar-refractivity contribution in [2.75, 3.05) is 11.4 Å². The van der Waals surface area contributed by atoms with Crippen molar-refractivity contribution >= 4 is 17.6 Å². The fourth-order valence-electron chi connectivity index (χ4n) is 3.54. The van der Waals surface area contributed by atoms with E-state index in [4.69, 9.17) is 0 Å². The third-order valence-electron chi connectivity index (χ3n) is 4.92. The van der Waals surface area contributed by atoms with E-state index in [1.807, 2.05) is 12.1 Å². The average Bonchev–Trinajstić information content (AvgIpc) is 3.22. The van der Waals surface area contributed by atoms with Crippen LogP contribution in [0.5, 0.6) is 0 Å². The van der Waals surface area contributed by atoms with Crippen molar-refractivity contribution in [3.05, 3.63) is 47.8 Å². The first-order valence-corrected chi connectivity index (χ1v) is 8.79. The van der Waals surface area contributed by atoms with E-state index in [1.165, 1.54) is 11.1 Å². The first kappa shape index (κ1) is 18.0. The molecule has 3 rings (SSSR count). The van der Waals surface area contributed by atoms with E-state index in [9.17, 15) is 14.7 Å². The molecular weight excluding hydrogens is 332 g/mol. The minimum Gasteiger partial charge on any atom is -0.480 e. The van der Waals surface area contributed by atoms with Crippen molar-refractivity contribution in [1.29, 1.82) is 0 Å². The summed E-state index contributed by atoms with van der Waals surface area (Å²) in [6.07, 6.45) is 5.06. The number of nitrogens with one attached hydrogen (secondary N) is 1. The Labute approximate surface area is 152 Å². The van der Waals surface area contributed by atoms with Gasteiger partial charge in [-0.15, -0.1) is 0 Å². The molecule has 7 nitrogen and oxygen atoms in total. The number of carboxylic acids is 1. The molecule has 0 aliphatic carbocycles. The van der Waals surface area contributed by atoms with Crippen LogP contribution in [0.1, 0.15) is 24.0 Å². The Morgan fingerprint density at radius 1 is 1.27 bits per heavy atom. The molecule has 2 atom stereocenters. The molecule has 0 spiro atoms. The van der Waals surface area contributed by atoms with Crippen LogP contribution >= 0.6 is 0 Å². The second-order valence-electron chi connectivity index (χ2n) is 6.69. The van der Waals surface area contributed by atoms with Crippen LogP contribution in [0.4, 0.5) is 5.69 Å². The van der Waals surface area contributed by atoms with Crippen molar-refractivity contribution in [2.24, 2.45) is 7.05 Å². The van der Waals surface area contributed by atoms with Crippen LogP contribution in [0.2, 0.25) is 0 Å². The van der Waals surface area contributed by atoms with Crippen molar-refractivity contribution in [2.45, 2.75) is 38.3 Å². The summed E-state index contributed by atoms with van der Waals surface area (Å²) < 4.78 is 1.61. The number of hydrogen-bond donors (Lipinski definition) is 2. The molecule has 0 radical (unpaired) electrons.